The lowest BCUT2D eigenvalue weighted by molar-refractivity contribution is 0.00578. The maximum absolute atomic E-state index is 13.4. The van der Waals surface area contributed by atoms with Crippen molar-refractivity contribution in [3.63, 3.8) is 0 Å². The average molecular weight is 285 g/mol. The minimum Gasteiger partial charge on any atom is -0.399 e. The van der Waals surface area contributed by atoms with Gasteiger partial charge in [0.25, 0.3) is 5.24 Å². The zero-order chi connectivity index (χ0) is 14.4. The monoisotopic (exact) mass is 284 g/mol. The minimum atomic E-state index is -0.837. The molecule has 1 aliphatic rings. The van der Waals surface area contributed by atoms with E-state index in [9.17, 15) is 9.18 Å². The first-order valence-electron chi connectivity index (χ1n) is 5.99. The molecule has 6 heteroatoms. The number of rotatable bonds is 2. The third kappa shape index (κ3) is 2.55. The fourth-order valence-electron chi connectivity index (χ4n) is 1.82. The van der Waals surface area contributed by atoms with E-state index >= 15 is 0 Å². The summed E-state index contributed by atoms with van der Waals surface area (Å²) in [7, 11) is -0.639. The van der Waals surface area contributed by atoms with Crippen LogP contribution in [0.4, 0.5) is 4.39 Å². The number of carbonyl (C=O) groups excluding carboxylic acids is 1. The SMILES string of the molecule is CC1(C)OB(c2ccc(F)c(C(=O)Cl)c2)OC1(C)C. The van der Waals surface area contributed by atoms with Gasteiger partial charge in [0.2, 0.25) is 0 Å². The van der Waals surface area contributed by atoms with Gasteiger partial charge in [-0.2, -0.15) is 0 Å². The predicted octanol–water partition coefficient (Wildman–Crippen LogP) is 2.50. The molecule has 0 amide bonds. The normalized spacial score (nSPS) is 20.6. The summed E-state index contributed by atoms with van der Waals surface area (Å²) in [6.07, 6.45) is 0. The largest absolute Gasteiger partial charge is 0.494 e. The molecule has 1 saturated heterocycles. The Labute approximate surface area is 117 Å². The molecule has 0 atom stereocenters. The highest BCUT2D eigenvalue weighted by Crippen LogP contribution is 2.36. The molecular formula is C13H15BClFO3. The lowest BCUT2D eigenvalue weighted by atomic mass is 9.78. The summed E-state index contributed by atoms with van der Waals surface area (Å²) in [4.78, 5) is 11.1. The fraction of sp³-hybridized carbons (Fsp3) is 0.462. The number of halogens is 2. The van der Waals surface area contributed by atoms with E-state index in [2.05, 4.69) is 0 Å². The Kier molecular flexibility index (Phi) is 3.50. The van der Waals surface area contributed by atoms with Crippen LogP contribution < -0.4 is 5.46 Å². The molecule has 1 fully saturated rings. The van der Waals surface area contributed by atoms with Crippen molar-refractivity contribution in [2.75, 3.05) is 0 Å². The lowest BCUT2D eigenvalue weighted by Crippen LogP contribution is -2.41. The molecule has 102 valence electrons. The number of carbonyl (C=O) groups is 1. The Balaban J connectivity index is 2.35. The van der Waals surface area contributed by atoms with E-state index in [4.69, 9.17) is 20.9 Å². The Morgan fingerprint density at radius 2 is 1.74 bits per heavy atom. The zero-order valence-electron chi connectivity index (χ0n) is 11.3. The van der Waals surface area contributed by atoms with Crippen LogP contribution in [-0.2, 0) is 9.31 Å². The van der Waals surface area contributed by atoms with Crippen molar-refractivity contribution in [2.24, 2.45) is 0 Å². The van der Waals surface area contributed by atoms with Gasteiger partial charge in [-0.05, 0) is 56.9 Å². The molecule has 0 aromatic heterocycles. The van der Waals surface area contributed by atoms with Crippen molar-refractivity contribution in [1.82, 2.24) is 0 Å². The van der Waals surface area contributed by atoms with Crippen molar-refractivity contribution >= 4 is 29.4 Å². The third-order valence-corrected chi connectivity index (χ3v) is 3.93. The van der Waals surface area contributed by atoms with Gasteiger partial charge < -0.3 is 9.31 Å². The van der Waals surface area contributed by atoms with Gasteiger partial charge in [-0.3, -0.25) is 4.79 Å². The van der Waals surface area contributed by atoms with E-state index < -0.39 is 29.4 Å². The standard InChI is InChI=1S/C13H15BClFO3/c1-12(2)13(3,4)19-14(18-12)8-5-6-10(16)9(7-8)11(15)17/h5-7H,1-4H3. The first-order valence-corrected chi connectivity index (χ1v) is 6.37. The summed E-state index contributed by atoms with van der Waals surface area (Å²) in [5.41, 5.74) is -0.577. The van der Waals surface area contributed by atoms with E-state index in [0.29, 0.717) is 5.46 Å². The Hall–Kier alpha value is -0.905. The summed E-state index contributed by atoms with van der Waals surface area (Å²) >= 11 is 5.34. The highest BCUT2D eigenvalue weighted by Gasteiger charge is 2.51. The van der Waals surface area contributed by atoms with Crippen molar-refractivity contribution in [3.8, 4) is 0 Å². The Morgan fingerprint density at radius 1 is 1.21 bits per heavy atom. The molecule has 1 aliphatic heterocycles. The van der Waals surface area contributed by atoms with Crippen LogP contribution in [0, 0.1) is 5.82 Å². The van der Waals surface area contributed by atoms with Gasteiger partial charge in [-0.25, -0.2) is 4.39 Å². The van der Waals surface area contributed by atoms with Crippen LogP contribution in [0.2, 0.25) is 0 Å². The molecule has 0 spiro atoms. The first-order chi connectivity index (χ1) is 8.64. The molecule has 1 aromatic rings. The lowest BCUT2D eigenvalue weighted by Gasteiger charge is -2.32. The molecule has 0 radical (unpaired) electrons. The molecule has 1 heterocycles. The third-order valence-electron chi connectivity index (χ3n) is 3.73. The number of benzene rings is 1. The minimum absolute atomic E-state index is 0.172. The van der Waals surface area contributed by atoms with Crippen molar-refractivity contribution in [3.05, 3.63) is 29.6 Å². The van der Waals surface area contributed by atoms with Gasteiger partial charge in [0.15, 0.2) is 0 Å². The molecule has 0 aliphatic carbocycles. The van der Waals surface area contributed by atoms with Crippen LogP contribution >= 0.6 is 11.6 Å². The second kappa shape index (κ2) is 4.58. The molecule has 0 bridgehead atoms. The molecule has 0 saturated carbocycles. The summed E-state index contributed by atoms with van der Waals surface area (Å²) in [5.74, 6) is -0.653. The quantitative estimate of drug-likeness (QED) is 0.618. The van der Waals surface area contributed by atoms with Gasteiger partial charge in [-0.1, -0.05) is 6.07 Å². The second-order valence-electron chi connectivity index (χ2n) is 5.60. The molecular weight excluding hydrogens is 269 g/mol. The van der Waals surface area contributed by atoms with E-state index in [1.165, 1.54) is 18.2 Å². The second-order valence-corrected chi connectivity index (χ2v) is 5.94. The highest BCUT2D eigenvalue weighted by atomic mass is 35.5. The molecule has 0 N–H and O–H groups in total. The van der Waals surface area contributed by atoms with Gasteiger partial charge in [0.1, 0.15) is 5.82 Å². The van der Waals surface area contributed by atoms with Crippen molar-refractivity contribution in [2.45, 2.75) is 38.9 Å². The predicted molar refractivity (Wildman–Crippen MR) is 72.3 cm³/mol. The van der Waals surface area contributed by atoms with Crippen LogP contribution in [0.5, 0.6) is 0 Å². The summed E-state index contributed by atoms with van der Waals surface area (Å²) < 4.78 is 25.1. The van der Waals surface area contributed by atoms with Crippen LogP contribution in [0.3, 0.4) is 0 Å². The van der Waals surface area contributed by atoms with Gasteiger partial charge >= 0.3 is 7.12 Å². The molecule has 2 rings (SSSR count). The van der Waals surface area contributed by atoms with Crippen molar-refractivity contribution < 1.29 is 18.5 Å². The molecule has 19 heavy (non-hydrogen) atoms. The fourth-order valence-corrected chi connectivity index (χ4v) is 1.96. The molecule has 3 nitrogen and oxygen atoms in total. The van der Waals surface area contributed by atoms with Crippen molar-refractivity contribution in [1.29, 1.82) is 0 Å². The molecule has 0 unspecified atom stereocenters. The van der Waals surface area contributed by atoms with E-state index in [1.807, 2.05) is 27.7 Å². The smallest absolute Gasteiger partial charge is 0.399 e. The average Bonchev–Trinajstić information content (AvgIpc) is 2.48. The van der Waals surface area contributed by atoms with E-state index in [-0.39, 0.29) is 5.56 Å². The summed E-state index contributed by atoms with van der Waals surface area (Å²) in [6, 6.07) is 4.09. The topological polar surface area (TPSA) is 35.5 Å². The van der Waals surface area contributed by atoms with E-state index in [0.717, 1.165) is 0 Å². The maximum Gasteiger partial charge on any atom is 0.494 e. The van der Waals surface area contributed by atoms with Crippen LogP contribution in [0.25, 0.3) is 0 Å². The van der Waals surface area contributed by atoms with Crippen LogP contribution in [-0.4, -0.2) is 23.6 Å². The highest BCUT2D eigenvalue weighted by molar-refractivity contribution is 6.68. The summed E-state index contributed by atoms with van der Waals surface area (Å²) in [5, 5.41) is -0.837. The number of hydrogen-bond acceptors (Lipinski definition) is 3. The van der Waals surface area contributed by atoms with Gasteiger partial charge in [0, 0.05) is 0 Å². The zero-order valence-corrected chi connectivity index (χ0v) is 12.0. The van der Waals surface area contributed by atoms with Crippen LogP contribution in [0.1, 0.15) is 38.1 Å². The van der Waals surface area contributed by atoms with Gasteiger partial charge in [0.05, 0.1) is 16.8 Å². The van der Waals surface area contributed by atoms with E-state index in [1.54, 1.807) is 0 Å². The van der Waals surface area contributed by atoms with Gasteiger partial charge in [-0.15, -0.1) is 0 Å². The summed E-state index contributed by atoms with van der Waals surface area (Å²) in [6.45, 7) is 7.68. The molecule has 1 aromatic carbocycles. The maximum atomic E-state index is 13.4. The Bertz CT molecular complexity index is 515. The van der Waals surface area contributed by atoms with Crippen LogP contribution in [0.15, 0.2) is 18.2 Å². The Morgan fingerprint density at radius 3 is 2.21 bits per heavy atom. The first kappa shape index (κ1) is 14.5. The number of hydrogen-bond donors (Lipinski definition) is 0.